The number of amides is 1. The van der Waals surface area contributed by atoms with Crippen LogP contribution in [0.4, 0.5) is 4.79 Å². The molecule has 2 atom stereocenters. The average molecular weight is 362 g/mol. The van der Waals surface area contributed by atoms with Crippen LogP contribution in [0.3, 0.4) is 0 Å². The van der Waals surface area contributed by atoms with Crippen molar-refractivity contribution < 1.29 is 9.53 Å². The van der Waals surface area contributed by atoms with E-state index in [-0.39, 0.29) is 18.1 Å². The molecule has 1 aromatic rings. The van der Waals surface area contributed by atoms with Crippen LogP contribution in [0.2, 0.25) is 19.6 Å². The second-order valence-corrected chi connectivity index (χ2v) is 14.2. The van der Waals surface area contributed by atoms with E-state index >= 15 is 0 Å². The zero-order valence-corrected chi connectivity index (χ0v) is 18.1. The fourth-order valence-electron chi connectivity index (χ4n) is 2.96. The zero-order valence-electron chi connectivity index (χ0n) is 17.1. The van der Waals surface area contributed by atoms with Crippen LogP contribution in [0, 0.1) is 11.8 Å². The van der Waals surface area contributed by atoms with Crippen LogP contribution in [-0.2, 0) is 4.74 Å². The van der Waals surface area contributed by atoms with E-state index < -0.39 is 13.7 Å². The number of benzene rings is 1. The van der Waals surface area contributed by atoms with Crippen molar-refractivity contribution in [2.75, 3.05) is 0 Å². The summed E-state index contributed by atoms with van der Waals surface area (Å²) < 4.78 is 5.52. The molecular formula is C21H35NO2Si. The van der Waals surface area contributed by atoms with Gasteiger partial charge in [-0.05, 0) is 32.3 Å². The largest absolute Gasteiger partial charge is 0.444 e. The highest BCUT2D eigenvalue weighted by molar-refractivity contribution is 6.83. The van der Waals surface area contributed by atoms with Crippen LogP contribution in [0.5, 0.6) is 0 Å². The minimum absolute atomic E-state index is 0.143. The smallest absolute Gasteiger partial charge is 0.408 e. The van der Waals surface area contributed by atoms with E-state index in [9.17, 15) is 4.79 Å². The molecular weight excluding hydrogens is 326 g/mol. The first kappa shape index (κ1) is 21.5. The third-order valence-corrected chi connectivity index (χ3v) is 6.53. The summed E-state index contributed by atoms with van der Waals surface area (Å²) in [5, 5.41) is 4.40. The van der Waals surface area contributed by atoms with Gasteiger partial charge in [0.05, 0.1) is 14.1 Å². The lowest BCUT2D eigenvalue weighted by molar-refractivity contribution is 0.0484. The molecule has 0 aliphatic rings. The van der Waals surface area contributed by atoms with E-state index in [4.69, 9.17) is 4.74 Å². The van der Waals surface area contributed by atoms with Gasteiger partial charge in [-0.2, -0.15) is 0 Å². The molecule has 0 spiro atoms. The van der Waals surface area contributed by atoms with Crippen LogP contribution in [0.15, 0.2) is 42.1 Å². The van der Waals surface area contributed by atoms with Crippen LogP contribution in [0.1, 0.15) is 46.2 Å². The minimum atomic E-state index is -1.57. The highest BCUT2D eigenvalue weighted by Gasteiger charge is 2.35. The fourth-order valence-corrected chi connectivity index (χ4v) is 4.46. The first-order valence-electron chi connectivity index (χ1n) is 9.06. The first-order valence-corrected chi connectivity index (χ1v) is 12.6. The van der Waals surface area contributed by atoms with Gasteiger partial charge >= 0.3 is 6.09 Å². The standard InChI is InChI=1S/C21H35NO2Si/c1-15(2)18(16(3)25(7,8)9)19(17-13-11-10-12-14-17)22-20(23)24-21(4,5)6/h10-15,18-19H,3H2,1-2,4-9H3,(H,22,23)/t18-,19+/m0/s1. The van der Waals surface area contributed by atoms with Crippen molar-refractivity contribution in [3.63, 3.8) is 0 Å². The van der Waals surface area contributed by atoms with Gasteiger partial charge in [-0.15, -0.1) is 6.58 Å². The van der Waals surface area contributed by atoms with Crippen molar-refractivity contribution in [3.05, 3.63) is 47.7 Å². The van der Waals surface area contributed by atoms with Gasteiger partial charge in [0.1, 0.15) is 5.60 Å². The maximum atomic E-state index is 12.5. The molecule has 0 radical (unpaired) electrons. The van der Waals surface area contributed by atoms with Gasteiger partial charge < -0.3 is 10.1 Å². The third kappa shape index (κ3) is 6.69. The van der Waals surface area contributed by atoms with Crippen LogP contribution in [-0.4, -0.2) is 19.8 Å². The van der Waals surface area contributed by atoms with Crippen molar-refractivity contribution in [1.29, 1.82) is 0 Å². The number of alkyl carbamates (subject to hydrolysis) is 1. The molecule has 1 rings (SSSR count). The summed E-state index contributed by atoms with van der Waals surface area (Å²) in [5.41, 5.74) is 0.570. The normalized spacial score (nSPS) is 14.8. The summed E-state index contributed by atoms with van der Waals surface area (Å²) in [6, 6.07) is 9.99. The van der Waals surface area contributed by atoms with Gasteiger partial charge in [-0.3, -0.25) is 0 Å². The van der Waals surface area contributed by atoms with Gasteiger partial charge in [0.25, 0.3) is 0 Å². The molecule has 3 nitrogen and oxygen atoms in total. The minimum Gasteiger partial charge on any atom is -0.444 e. The number of carbonyl (C=O) groups excluding carboxylic acids is 1. The van der Waals surface area contributed by atoms with E-state index in [1.165, 1.54) is 5.20 Å². The lowest BCUT2D eigenvalue weighted by atomic mass is 9.84. The van der Waals surface area contributed by atoms with Gasteiger partial charge in [0, 0.05) is 5.92 Å². The molecule has 0 aliphatic carbocycles. The summed E-state index contributed by atoms with van der Waals surface area (Å²) in [5.74, 6) is 0.529. The molecule has 4 heteroatoms. The topological polar surface area (TPSA) is 38.3 Å². The Kier molecular flexibility index (Phi) is 7.06. The molecule has 140 valence electrons. The Morgan fingerprint density at radius 3 is 2.04 bits per heavy atom. The van der Waals surface area contributed by atoms with Crippen molar-refractivity contribution in [1.82, 2.24) is 5.32 Å². The predicted molar refractivity (Wildman–Crippen MR) is 109 cm³/mol. The molecule has 25 heavy (non-hydrogen) atoms. The maximum Gasteiger partial charge on any atom is 0.408 e. The first-order chi connectivity index (χ1) is 11.3. The SMILES string of the molecule is C=C([C@H](C(C)C)[C@H](NC(=O)OC(C)(C)C)c1ccccc1)[Si](C)(C)C. The van der Waals surface area contributed by atoms with Gasteiger partial charge in [-0.25, -0.2) is 4.79 Å². The second-order valence-electron chi connectivity index (χ2n) is 9.08. The maximum absolute atomic E-state index is 12.5. The summed E-state index contributed by atoms with van der Waals surface area (Å²) in [6.45, 7) is 21.4. The van der Waals surface area contributed by atoms with Crippen LogP contribution >= 0.6 is 0 Å². The number of hydrogen-bond donors (Lipinski definition) is 1. The van der Waals surface area contributed by atoms with E-state index in [0.29, 0.717) is 5.92 Å². The molecule has 0 unspecified atom stereocenters. The van der Waals surface area contributed by atoms with E-state index in [2.05, 4.69) is 57.5 Å². The summed E-state index contributed by atoms with van der Waals surface area (Å²) in [4.78, 5) is 12.5. The Bertz CT molecular complexity index is 582. The third-order valence-electron chi connectivity index (χ3n) is 4.27. The number of carbonyl (C=O) groups is 1. The van der Waals surface area contributed by atoms with E-state index in [1.54, 1.807) is 0 Å². The Morgan fingerprint density at radius 1 is 1.12 bits per heavy atom. The summed E-state index contributed by atoms with van der Waals surface area (Å²) >= 11 is 0. The summed E-state index contributed by atoms with van der Waals surface area (Å²) in [6.07, 6.45) is -0.379. The van der Waals surface area contributed by atoms with Crippen molar-refractivity contribution in [2.45, 2.75) is 65.9 Å². The number of ether oxygens (including phenoxy) is 1. The molecule has 0 heterocycles. The van der Waals surface area contributed by atoms with Gasteiger partial charge in [0.2, 0.25) is 0 Å². The summed E-state index contributed by atoms with van der Waals surface area (Å²) in [7, 11) is -1.57. The van der Waals surface area contributed by atoms with Crippen molar-refractivity contribution in [2.24, 2.45) is 11.8 Å². The lowest BCUT2D eigenvalue weighted by Gasteiger charge is -2.37. The molecule has 0 aromatic heterocycles. The second kappa shape index (κ2) is 8.22. The number of nitrogens with one attached hydrogen (secondary N) is 1. The van der Waals surface area contributed by atoms with Crippen molar-refractivity contribution >= 4 is 14.2 Å². The lowest BCUT2D eigenvalue weighted by Crippen LogP contribution is -2.42. The van der Waals surface area contributed by atoms with Crippen LogP contribution < -0.4 is 5.32 Å². The Hall–Kier alpha value is -1.55. The molecule has 0 fully saturated rings. The quantitative estimate of drug-likeness (QED) is 0.635. The Morgan fingerprint density at radius 2 is 1.64 bits per heavy atom. The predicted octanol–water partition coefficient (Wildman–Crippen LogP) is 5.96. The fraction of sp³-hybridized carbons (Fsp3) is 0.571. The number of hydrogen-bond acceptors (Lipinski definition) is 2. The van der Waals surface area contributed by atoms with E-state index in [1.807, 2.05) is 39.0 Å². The highest BCUT2D eigenvalue weighted by Crippen LogP contribution is 2.37. The number of rotatable bonds is 6. The molecule has 1 aromatic carbocycles. The molecule has 0 saturated carbocycles. The van der Waals surface area contributed by atoms with Crippen molar-refractivity contribution in [3.8, 4) is 0 Å². The van der Waals surface area contributed by atoms with E-state index in [0.717, 1.165) is 5.56 Å². The Balaban J connectivity index is 3.25. The zero-order chi connectivity index (χ0) is 19.4. The Labute approximate surface area is 154 Å². The molecule has 0 bridgehead atoms. The van der Waals surface area contributed by atoms with Gasteiger partial charge in [0.15, 0.2) is 0 Å². The molecule has 1 N–H and O–H groups in total. The monoisotopic (exact) mass is 361 g/mol. The molecule has 0 saturated heterocycles. The highest BCUT2D eigenvalue weighted by atomic mass is 28.3. The molecule has 1 amide bonds. The molecule has 0 aliphatic heterocycles. The van der Waals surface area contributed by atoms with Crippen LogP contribution in [0.25, 0.3) is 0 Å². The van der Waals surface area contributed by atoms with Gasteiger partial charge in [-0.1, -0.05) is 69.0 Å². The average Bonchev–Trinajstić information content (AvgIpc) is 2.44.